The Balaban J connectivity index is 0.000000379. The van der Waals surface area contributed by atoms with Gasteiger partial charge in [0.2, 0.25) is 0 Å². The maximum Gasteiger partial charge on any atom is 0.0319 e. The van der Waals surface area contributed by atoms with Gasteiger partial charge in [0.15, 0.2) is 0 Å². The van der Waals surface area contributed by atoms with Gasteiger partial charge in [-0.3, -0.25) is 0 Å². The van der Waals surface area contributed by atoms with Crippen LogP contribution in [0.3, 0.4) is 0 Å². The summed E-state index contributed by atoms with van der Waals surface area (Å²) in [4.78, 5) is 2.50. The highest BCUT2D eigenvalue weighted by atomic mass is 16.2. The van der Waals surface area contributed by atoms with E-state index < -0.39 is 0 Å². The molecule has 86 valence electrons. The average Bonchev–Trinajstić information content (AvgIpc) is 2.22. The first-order valence-electron chi connectivity index (χ1n) is 5.94. The molecule has 2 rings (SSSR count). The van der Waals surface area contributed by atoms with Crippen molar-refractivity contribution in [2.24, 2.45) is 5.41 Å². The molecule has 0 bridgehead atoms. The van der Waals surface area contributed by atoms with Crippen molar-refractivity contribution in [3.63, 3.8) is 0 Å². The zero-order valence-electron chi connectivity index (χ0n) is 10.3. The van der Waals surface area contributed by atoms with Crippen LogP contribution in [0.1, 0.15) is 46.0 Å². The first-order chi connectivity index (χ1) is 6.81. The number of rotatable bonds is 0. The molecular formula is C12H27NO. The molecule has 1 saturated carbocycles. The van der Waals surface area contributed by atoms with Gasteiger partial charge in [0.25, 0.3) is 0 Å². The van der Waals surface area contributed by atoms with Crippen LogP contribution in [0.4, 0.5) is 0 Å². The van der Waals surface area contributed by atoms with Gasteiger partial charge in [-0.2, -0.15) is 0 Å². The summed E-state index contributed by atoms with van der Waals surface area (Å²) in [5, 5.41) is 7.00. The highest BCUT2D eigenvalue weighted by Gasteiger charge is 2.39. The second-order valence-electron chi connectivity index (χ2n) is 4.19. The highest BCUT2D eigenvalue weighted by Crippen LogP contribution is 2.46. The number of aliphatic hydroxyl groups is 1. The van der Waals surface area contributed by atoms with Crippen LogP contribution in [0.2, 0.25) is 0 Å². The summed E-state index contributed by atoms with van der Waals surface area (Å²) < 4.78 is 0. The molecule has 0 aromatic carbocycles. The number of nitrogens with zero attached hydrogens (tertiary/aromatic N) is 1. The Labute approximate surface area is 89.3 Å². The standard InChI is InChI=1S/C9H17N.C2H6.CH4O/c1-10-7-3-6-9(8-10)4-2-5-9;2*1-2/h2-8H2,1H3;1-2H3;2H,1H3. The van der Waals surface area contributed by atoms with Crippen LogP contribution in [0.25, 0.3) is 0 Å². The Morgan fingerprint density at radius 1 is 1.00 bits per heavy atom. The van der Waals surface area contributed by atoms with Crippen molar-refractivity contribution in [1.82, 2.24) is 4.90 Å². The average molecular weight is 201 g/mol. The minimum absolute atomic E-state index is 0.799. The molecule has 1 saturated heterocycles. The fraction of sp³-hybridized carbons (Fsp3) is 1.00. The lowest BCUT2D eigenvalue weighted by Crippen LogP contribution is -2.45. The third-order valence-corrected chi connectivity index (χ3v) is 3.27. The summed E-state index contributed by atoms with van der Waals surface area (Å²) in [6.07, 6.45) is 7.47. The monoisotopic (exact) mass is 201 g/mol. The number of aliphatic hydroxyl groups excluding tert-OH is 1. The van der Waals surface area contributed by atoms with Crippen molar-refractivity contribution < 1.29 is 5.11 Å². The van der Waals surface area contributed by atoms with Gasteiger partial charge in [-0.15, -0.1) is 0 Å². The lowest BCUT2D eigenvalue weighted by molar-refractivity contribution is 0.0327. The Kier molecular flexibility index (Phi) is 7.20. The van der Waals surface area contributed by atoms with Gasteiger partial charge in [0.05, 0.1) is 0 Å². The topological polar surface area (TPSA) is 23.5 Å². The van der Waals surface area contributed by atoms with E-state index in [1.165, 1.54) is 45.2 Å². The molecule has 1 aliphatic heterocycles. The molecule has 14 heavy (non-hydrogen) atoms. The van der Waals surface area contributed by atoms with Gasteiger partial charge in [-0.05, 0) is 44.7 Å². The molecule has 0 atom stereocenters. The van der Waals surface area contributed by atoms with Crippen LogP contribution in [-0.2, 0) is 0 Å². The van der Waals surface area contributed by atoms with Crippen LogP contribution in [0, 0.1) is 5.41 Å². The summed E-state index contributed by atoms with van der Waals surface area (Å²) in [7, 11) is 3.26. The summed E-state index contributed by atoms with van der Waals surface area (Å²) in [6.45, 7) is 6.72. The van der Waals surface area contributed by atoms with E-state index in [0.29, 0.717) is 0 Å². The Morgan fingerprint density at radius 2 is 1.50 bits per heavy atom. The predicted octanol–water partition coefficient (Wildman–Crippen LogP) is 2.52. The largest absolute Gasteiger partial charge is 0.400 e. The van der Waals surface area contributed by atoms with Gasteiger partial charge in [-0.1, -0.05) is 20.3 Å². The molecule has 0 radical (unpaired) electrons. The molecule has 0 aromatic heterocycles. The van der Waals surface area contributed by atoms with Crippen molar-refractivity contribution in [3.05, 3.63) is 0 Å². The molecule has 2 aliphatic rings. The number of hydrogen-bond acceptors (Lipinski definition) is 2. The Hall–Kier alpha value is -0.0800. The lowest BCUT2D eigenvalue weighted by atomic mass is 9.64. The van der Waals surface area contributed by atoms with Crippen LogP contribution in [0.5, 0.6) is 0 Å². The third kappa shape index (κ3) is 3.58. The minimum atomic E-state index is 0.799. The van der Waals surface area contributed by atoms with Crippen molar-refractivity contribution >= 4 is 0 Å². The zero-order chi connectivity index (χ0) is 11.0. The predicted molar refractivity (Wildman–Crippen MR) is 62.5 cm³/mol. The molecule has 1 aliphatic carbocycles. The smallest absolute Gasteiger partial charge is 0.0319 e. The van der Waals surface area contributed by atoms with Crippen LogP contribution in [-0.4, -0.2) is 37.3 Å². The van der Waals surface area contributed by atoms with Gasteiger partial charge < -0.3 is 10.0 Å². The first-order valence-corrected chi connectivity index (χ1v) is 5.94. The molecule has 1 N–H and O–H groups in total. The van der Waals surface area contributed by atoms with E-state index in [1.807, 2.05) is 13.8 Å². The van der Waals surface area contributed by atoms with E-state index >= 15 is 0 Å². The first kappa shape index (κ1) is 13.9. The minimum Gasteiger partial charge on any atom is -0.400 e. The quantitative estimate of drug-likeness (QED) is 0.651. The Bertz CT molecular complexity index is 132. The summed E-state index contributed by atoms with van der Waals surface area (Å²) in [5.74, 6) is 0. The van der Waals surface area contributed by atoms with E-state index in [-0.39, 0.29) is 0 Å². The number of hydrogen-bond donors (Lipinski definition) is 1. The van der Waals surface area contributed by atoms with Gasteiger partial charge >= 0.3 is 0 Å². The van der Waals surface area contributed by atoms with Gasteiger partial charge in [0, 0.05) is 13.7 Å². The molecule has 1 spiro atoms. The van der Waals surface area contributed by atoms with Gasteiger partial charge in [0.1, 0.15) is 0 Å². The summed E-state index contributed by atoms with van der Waals surface area (Å²) in [6, 6.07) is 0. The molecular weight excluding hydrogens is 174 g/mol. The van der Waals surface area contributed by atoms with Crippen molar-refractivity contribution in [3.8, 4) is 0 Å². The van der Waals surface area contributed by atoms with E-state index in [2.05, 4.69) is 11.9 Å². The number of piperidine rings is 1. The fourth-order valence-corrected chi connectivity index (χ4v) is 2.54. The second kappa shape index (κ2) is 7.24. The molecule has 2 heteroatoms. The van der Waals surface area contributed by atoms with Gasteiger partial charge in [-0.25, -0.2) is 0 Å². The molecule has 0 aromatic rings. The van der Waals surface area contributed by atoms with E-state index in [9.17, 15) is 0 Å². The normalized spacial score (nSPS) is 23.8. The van der Waals surface area contributed by atoms with Crippen LogP contribution < -0.4 is 0 Å². The molecule has 2 nitrogen and oxygen atoms in total. The van der Waals surface area contributed by atoms with E-state index in [0.717, 1.165) is 12.5 Å². The highest BCUT2D eigenvalue weighted by molar-refractivity contribution is 4.92. The molecule has 1 heterocycles. The van der Waals surface area contributed by atoms with Crippen LogP contribution >= 0.6 is 0 Å². The number of likely N-dealkylation sites (tertiary alicyclic amines) is 1. The molecule has 0 amide bonds. The Morgan fingerprint density at radius 3 is 1.79 bits per heavy atom. The van der Waals surface area contributed by atoms with Crippen LogP contribution in [0.15, 0.2) is 0 Å². The van der Waals surface area contributed by atoms with Crippen molar-refractivity contribution in [2.75, 3.05) is 27.2 Å². The van der Waals surface area contributed by atoms with Crippen molar-refractivity contribution in [2.45, 2.75) is 46.0 Å². The molecule has 2 fully saturated rings. The van der Waals surface area contributed by atoms with E-state index in [1.54, 1.807) is 0 Å². The maximum atomic E-state index is 7.00. The van der Waals surface area contributed by atoms with E-state index in [4.69, 9.17) is 5.11 Å². The second-order valence-corrected chi connectivity index (χ2v) is 4.19. The third-order valence-electron chi connectivity index (χ3n) is 3.27. The fourth-order valence-electron chi connectivity index (χ4n) is 2.54. The summed E-state index contributed by atoms with van der Waals surface area (Å²) >= 11 is 0. The molecule has 0 unspecified atom stereocenters. The maximum absolute atomic E-state index is 7.00. The SMILES string of the molecule is CC.CN1CCCC2(CCC2)C1.CO. The lowest BCUT2D eigenvalue weighted by Gasteiger charge is -2.48. The zero-order valence-corrected chi connectivity index (χ0v) is 10.3. The summed E-state index contributed by atoms with van der Waals surface area (Å²) in [5.41, 5.74) is 0.799. The van der Waals surface area contributed by atoms with Crippen molar-refractivity contribution in [1.29, 1.82) is 0 Å².